The molecule has 0 amide bonds. The zero-order valence-corrected chi connectivity index (χ0v) is 9.17. The van der Waals surface area contributed by atoms with Crippen LogP contribution >= 0.6 is 31.9 Å². The highest BCUT2D eigenvalue weighted by atomic mass is 79.9. The molecule has 0 fully saturated rings. The van der Waals surface area contributed by atoms with Gasteiger partial charge in [-0.15, -0.1) is 0 Å². The molecular formula is C8H6Br2O2. The van der Waals surface area contributed by atoms with Crippen molar-refractivity contribution in [2.75, 3.05) is 0 Å². The molecule has 64 valence electrons. The lowest BCUT2D eigenvalue weighted by Crippen LogP contribution is -1.90. The number of phenols is 1. The van der Waals surface area contributed by atoms with Crippen molar-refractivity contribution in [3.63, 3.8) is 0 Å². The zero-order chi connectivity index (χ0) is 9.14. The summed E-state index contributed by atoms with van der Waals surface area (Å²) >= 11 is 6.37. The number of benzene rings is 1. The molecule has 0 aliphatic rings. The molecule has 0 aliphatic heterocycles. The molecule has 1 atom stereocenters. The van der Waals surface area contributed by atoms with E-state index in [1.54, 1.807) is 12.1 Å². The van der Waals surface area contributed by atoms with Gasteiger partial charge in [0, 0.05) is 10.0 Å². The van der Waals surface area contributed by atoms with Gasteiger partial charge in [0.1, 0.15) is 12.0 Å². The predicted molar refractivity (Wildman–Crippen MR) is 53.5 cm³/mol. The molecule has 12 heavy (non-hydrogen) atoms. The molecule has 0 radical (unpaired) electrons. The summed E-state index contributed by atoms with van der Waals surface area (Å²) < 4.78 is 0.835. The van der Waals surface area contributed by atoms with Gasteiger partial charge in [-0.3, -0.25) is 0 Å². The molecule has 2 nitrogen and oxygen atoms in total. The maximum Gasteiger partial charge on any atom is 0.138 e. The smallest absolute Gasteiger partial charge is 0.138 e. The van der Waals surface area contributed by atoms with Crippen molar-refractivity contribution in [2.45, 2.75) is 4.83 Å². The van der Waals surface area contributed by atoms with Crippen LogP contribution in [0.5, 0.6) is 5.75 Å². The second-order valence-corrected chi connectivity index (χ2v) is 4.14. The third kappa shape index (κ3) is 2.08. The van der Waals surface area contributed by atoms with Gasteiger partial charge >= 0.3 is 0 Å². The molecule has 0 saturated carbocycles. The van der Waals surface area contributed by atoms with Gasteiger partial charge in [0.25, 0.3) is 0 Å². The molecule has 0 aliphatic carbocycles. The first-order chi connectivity index (χ1) is 5.65. The Morgan fingerprint density at radius 1 is 1.50 bits per heavy atom. The monoisotopic (exact) mass is 292 g/mol. The third-order valence-electron chi connectivity index (χ3n) is 1.41. The van der Waals surface area contributed by atoms with Crippen molar-refractivity contribution in [1.29, 1.82) is 0 Å². The lowest BCUT2D eigenvalue weighted by Gasteiger charge is -2.05. The van der Waals surface area contributed by atoms with Gasteiger partial charge in [-0.1, -0.05) is 31.9 Å². The number of carbonyl (C=O) groups excluding carboxylic acids is 1. The Kier molecular flexibility index (Phi) is 3.29. The van der Waals surface area contributed by atoms with E-state index in [9.17, 15) is 9.90 Å². The van der Waals surface area contributed by atoms with E-state index in [-0.39, 0.29) is 5.75 Å². The Labute approximate surface area is 86.9 Å². The van der Waals surface area contributed by atoms with Crippen LogP contribution < -0.4 is 0 Å². The van der Waals surface area contributed by atoms with Crippen LogP contribution in [-0.4, -0.2) is 11.4 Å². The fourth-order valence-corrected chi connectivity index (χ4v) is 1.57. The van der Waals surface area contributed by atoms with Crippen LogP contribution in [0.3, 0.4) is 0 Å². The number of hydrogen-bond acceptors (Lipinski definition) is 2. The number of phenolic OH excluding ortho intramolecular Hbond substituents is 1. The predicted octanol–water partition coefficient (Wildman–Crippen LogP) is 2.79. The van der Waals surface area contributed by atoms with Gasteiger partial charge in [-0.2, -0.15) is 0 Å². The van der Waals surface area contributed by atoms with Gasteiger partial charge in [0.15, 0.2) is 0 Å². The van der Waals surface area contributed by atoms with Crippen LogP contribution in [0.1, 0.15) is 10.4 Å². The van der Waals surface area contributed by atoms with E-state index < -0.39 is 4.83 Å². The van der Waals surface area contributed by atoms with Crippen LogP contribution in [0.15, 0.2) is 22.7 Å². The highest BCUT2D eigenvalue weighted by Crippen LogP contribution is 2.31. The van der Waals surface area contributed by atoms with Gasteiger partial charge < -0.3 is 9.90 Å². The second-order valence-electron chi connectivity index (χ2n) is 2.24. The second kappa shape index (κ2) is 4.05. The van der Waals surface area contributed by atoms with E-state index in [0.717, 1.165) is 10.8 Å². The van der Waals surface area contributed by atoms with E-state index in [4.69, 9.17) is 0 Å². The normalized spacial score (nSPS) is 12.5. The number of aromatic hydroxyl groups is 1. The highest BCUT2D eigenvalue weighted by molar-refractivity contribution is 9.10. The summed E-state index contributed by atoms with van der Waals surface area (Å²) in [5.74, 6) is 0.118. The van der Waals surface area contributed by atoms with E-state index in [2.05, 4.69) is 31.9 Å². The topological polar surface area (TPSA) is 37.3 Å². The van der Waals surface area contributed by atoms with Crippen LogP contribution in [0.4, 0.5) is 0 Å². The minimum atomic E-state index is -0.449. The van der Waals surface area contributed by atoms with E-state index in [1.165, 1.54) is 6.07 Å². The minimum absolute atomic E-state index is 0.118. The number of carbonyl (C=O) groups is 1. The van der Waals surface area contributed by atoms with Crippen molar-refractivity contribution in [3.8, 4) is 5.75 Å². The quantitative estimate of drug-likeness (QED) is 0.672. The van der Waals surface area contributed by atoms with Crippen molar-refractivity contribution in [1.82, 2.24) is 0 Å². The van der Waals surface area contributed by atoms with Gasteiger partial charge in [0.05, 0.1) is 4.83 Å². The van der Waals surface area contributed by atoms with E-state index in [1.807, 2.05) is 0 Å². The molecule has 0 heterocycles. The Bertz CT molecular complexity index is 299. The summed E-state index contributed by atoms with van der Waals surface area (Å²) in [5.41, 5.74) is 0.569. The molecule has 4 heteroatoms. The maximum atomic E-state index is 10.4. The van der Waals surface area contributed by atoms with Gasteiger partial charge in [-0.25, -0.2) is 0 Å². The van der Waals surface area contributed by atoms with Crippen molar-refractivity contribution >= 4 is 38.1 Å². The standard InChI is InChI=1S/C8H6Br2O2/c9-5-1-2-8(12)6(3-5)7(10)4-11/h1-4,7,12H. The first kappa shape index (κ1) is 9.74. The summed E-state index contributed by atoms with van der Waals surface area (Å²) in [6.45, 7) is 0. The third-order valence-corrected chi connectivity index (χ3v) is 2.61. The summed E-state index contributed by atoms with van der Waals surface area (Å²) in [7, 11) is 0. The number of hydrogen-bond donors (Lipinski definition) is 1. The molecule has 1 aromatic carbocycles. The number of alkyl halides is 1. The zero-order valence-electron chi connectivity index (χ0n) is 6.00. The van der Waals surface area contributed by atoms with E-state index >= 15 is 0 Å². The van der Waals surface area contributed by atoms with Crippen molar-refractivity contribution < 1.29 is 9.90 Å². The molecular weight excluding hydrogens is 288 g/mol. The van der Waals surface area contributed by atoms with Crippen LogP contribution in [0.25, 0.3) is 0 Å². The fourth-order valence-electron chi connectivity index (χ4n) is 0.820. The van der Waals surface area contributed by atoms with Crippen LogP contribution in [-0.2, 0) is 4.79 Å². The molecule has 1 N–H and O–H groups in total. The van der Waals surface area contributed by atoms with Crippen LogP contribution in [0.2, 0.25) is 0 Å². The summed E-state index contributed by atoms with van der Waals surface area (Å²) in [6, 6.07) is 4.95. The minimum Gasteiger partial charge on any atom is -0.508 e. The molecule has 1 unspecified atom stereocenters. The fraction of sp³-hybridized carbons (Fsp3) is 0.125. The van der Waals surface area contributed by atoms with Gasteiger partial charge in [0.2, 0.25) is 0 Å². The molecule has 0 spiro atoms. The Morgan fingerprint density at radius 2 is 2.17 bits per heavy atom. The molecule has 0 aromatic heterocycles. The molecule has 1 aromatic rings. The molecule has 1 rings (SSSR count). The average Bonchev–Trinajstić information content (AvgIpc) is 2.08. The summed E-state index contributed by atoms with van der Waals surface area (Å²) in [5, 5.41) is 9.33. The SMILES string of the molecule is O=CC(Br)c1cc(Br)ccc1O. The Balaban J connectivity index is 3.12. The molecule has 0 bridgehead atoms. The number of halogens is 2. The molecule has 0 saturated heterocycles. The van der Waals surface area contributed by atoms with Gasteiger partial charge in [-0.05, 0) is 18.2 Å². The number of rotatable bonds is 2. The first-order valence-electron chi connectivity index (χ1n) is 3.23. The first-order valence-corrected chi connectivity index (χ1v) is 4.94. The summed E-state index contributed by atoms with van der Waals surface area (Å²) in [4.78, 5) is 9.95. The highest BCUT2D eigenvalue weighted by Gasteiger charge is 2.10. The average molecular weight is 294 g/mol. The lowest BCUT2D eigenvalue weighted by atomic mass is 10.1. The lowest BCUT2D eigenvalue weighted by molar-refractivity contribution is -0.107. The number of aldehydes is 1. The van der Waals surface area contributed by atoms with Crippen LogP contribution in [0, 0.1) is 0 Å². The Hall–Kier alpha value is -0.350. The largest absolute Gasteiger partial charge is 0.508 e. The summed E-state index contributed by atoms with van der Waals surface area (Å²) in [6.07, 6.45) is 0.724. The Morgan fingerprint density at radius 3 is 2.75 bits per heavy atom. The van der Waals surface area contributed by atoms with Crippen molar-refractivity contribution in [2.24, 2.45) is 0 Å². The van der Waals surface area contributed by atoms with E-state index in [0.29, 0.717) is 5.56 Å². The maximum absolute atomic E-state index is 10.4. The van der Waals surface area contributed by atoms with Crippen molar-refractivity contribution in [3.05, 3.63) is 28.2 Å².